The fraction of sp³-hybridized carbons (Fsp3) is 0.929. The molecule has 1 saturated heterocycles. The van der Waals surface area contributed by atoms with Gasteiger partial charge in [0.1, 0.15) is 5.84 Å². The molecule has 1 aliphatic rings. The van der Waals surface area contributed by atoms with Crippen molar-refractivity contribution >= 4 is 5.84 Å². The maximum Gasteiger partial charge on any atom is 0.144 e. The van der Waals surface area contributed by atoms with Gasteiger partial charge in [0.25, 0.3) is 0 Å². The average molecular weight is 255 g/mol. The summed E-state index contributed by atoms with van der Waals surface area (Å²) in [5.41, 5.74) is 5.50. The second-order valence-electron chi connectivity index (χ2n) is 6.07. The third-order valence-electron chi connectivity index (χ3n) is 4.27. The molecule has 0 aromatic heterocycles. The van der Waals surface area contributed by atoms with Gasteiger partial charge >= 0.3 is 0 Å². The van der Waals surface area contributed by atoms with Crippen LogP contribution in [0.3, 0.4) is 0 Å². The van der Waals surface area contributed by atoms with E-state index in [2.05, 4.69) is 17.0 Å². The molecule has 0 aliphatic carbocycles. The Labute approximate surface area is 111 Å². The van der Waals surface area contributed by atoms with Gasteiger partial charge in [-0.2, -0.15) is 0 Å². The second-order valence-corrected chi connectivity index (χ2v) is 6.07. The molecule has 106 valence electrons. The molecule has 0 spiro atoms. The van der Waals surface area contributed by atoms with E-state index in [-0.39, 0.29) is 5.41 Å². The summed E-state index contributed by atoms with van der Waals surface area (Å²) in [6.45, 7) is 8.82. The minimum absolute atomic E-state index is 0.191. The normalized spacial score (nSPS) is 22.6. The average Bonchev–Trinajstić information content (AvgIpc) is 2.80. The van der Waals surface area contributed by atoms with Crippen LogP contribution in [0.4, 0.5) is 0 Å². The zero-order chi connectivity index (χ0) is 13.6. The highest BCUT2D eigenvalue weighted by Crippen LogP contribution is 2.25. The van der Waals surface area contributed by atoms with Crippen molar-refractivity contribution in [1.29, 1.82) is 0 Å². The molecule has 0 aromatic carbocycles. The molecule has 4 heteroatoms. The fourth-order valence-corrected chi connectivity index (χ4v) is 2.80. The summed E-state index contributed by atoms with van der Waals surface area (Å²) in [4.78, 5) is 2.62. The summed E-state index contributed by atoms with van der Waals surface area (Å²) in [6, 6.07) is 0.807. The Hall–Kier alpha value is -0.770. The van der Waals surface area contributed by atoms with Gasteiger partial charge in [0.15, 0.2) is 0 Å². The number of hydrogen-bond donors (Lipinski definition) is 2. The molecule has 1 heterocycles. The molecule has 1 unspecified atom stereocenters. The molecule has 1 fully saturated rings. The molecule has 0 saturated carbocycles. The minimum atomic E-state index is -0.191. The number of hydrogen-bond acceptors (Lipinski definition) is 3. The van der Waals surface area contributed by atoms with Crippen LogP contribution in [0.15, 0.2) is 5.16 Å². The maximum absolute atomic E-state index is 8.72. The monoisotopic (exact) mass is 255 g/mol. The minimum Gasteiger partial charge on any atom is -0.409 e. The summed E-state index contributed by atoms with van der Waals surface area (Å²) in [7, 11) is 0. The van der Waals surface area contributed by atoms with E-state index in [0.29, 0.717) is 5.84 Å². The van der Waals surface area contributed by atoms with Crippen molar-refractivity contribution in [2.75, 3.05) is 13.1 Å². The Bertz CT molecular complexity index is 276. The quantitative estimate of drug-likeness (QED) is 0.242. The number of oxime groups is 1. The highest BCUT2D eigenvalue weighted by atomic mass is 16.4. The lowest BCUT2D eigenvalue weighted by Crippen LogP contribution is -2.32. The first-order valence-electron chi connectivity index (χ1n) is 7.23. The maximum atomic E-state index is 8.72. The van der Waals surface area contributed by atoms with E-state index < -0.39 is 0 Å². The summed E-state index contributed by atoms with van der Waals surface area (Å²) < 4.78 is 0. The van der Waals surface area contributed by atoms with Crippen LogP contribution < -0.4 is 5.73 Å². The van der Waals surface area contributed by atoms with Crippen LogP contribution >= 0.6 is 0 Å². The van der Waals surface area contributed by atoms with Crippen molar-refractivity contribution < 1.29 is 5.21 Å². The van der Waals surface area contributed by atoms with Gasteiger partial charge in [0.05, 0.1) is 0 Å². The highest BCUT2D eigenvalue weighted by Gasteiger charge is 2.24. The molecule has 0 radical (unpaired) electrons. The van der Waals surface area contributed by atoms with E-state index >= 15 is 0 Å². The van der Waals surface area contributed by atoms with Crippen molar-refractivity contribution in [3.05, 3.63) is 0 Å². The first kappa shape index (κ1) is 15.3. The van der Waals surface area contributed by atoms with Crippen molar-refractivity contribution in [3.8, 4) is 0 Å². The molecule has 1 aliphatic heterocycles. The van der Waals surface area contributed by atoms with Crippen LogP contribution in [0.2, 0.25) is 0 Å². The third kappa shape index (κ3) is 4.16. The zero-order valence-corrected chi connectivity index (χ0v) is 12.2. The van der Waals surface area contributed by atoms with Crippen LogP contribution in [0.25, 0.3) is 0 Å². The van der Waals surface area contributed by atoms with E-state index in [1.807, 2.05) is 13.8 Å². The first-order valence-corrected chi connectivity index (χ1v) is 7.23. The zero-order valence-electron chi connectivity index (χ0n) is 12.2. The van der Waals surface area contributed by atoms with Crippen LogP contribution in [-0.2, 0) is 0 Å². The molecule has 3 N–H and O–H groups in total. The number of unbranched alkanes of at least 4 members (excludes halogenated alkanes) is 1. The third-order valence-corrected chi connectivity index (χ3v) is 4.27. The molecule has 0 aromatic rings. The summed E-state index contributed by atoms with van der Waals surface area (Å²) in [5, 5.41) is 11.8. The van der Waals surface area contributed by atoms with E-state index in [1.165, 1.54) is 38.8 Å². The Morgan fingerprint density at radius 3 is 2.78 bits per heavy atom. The molecule has 1 atom stereocenters. The van der Waals surface area contributed by atoms with E-state index in [1.54, 1.807) is 0 Å². The van der Waals surface area contributed by atoms with Gasteiger partial charge in [-0.25, -0.2) is 0 Å². The Morgan fingerprint density at radius 1 is 1.44 bits per heavy atom. The fourth-order valence-electron chi connectivity index (χ4n) is 2.80. The Morgan fingerprint density at radius 2 is 2.17 bits per heavy atom. The van der Waals surface area contributed by atoms with Crippen LogP contribution in [-0.4, -0.2) is 35.1 Å². The summed E-state index contributed by atoms with van der Waals surface area (Å²) in [6.07, 6.45) is 7.32. The van der Waals surface area contributed by atoms with E-state index in [0.717, 1.165) is 18.9 Å². The predicted molar refractivity (Wildman–Crippen MR) is 75.9 cm³/mol. The number of amidine groups is 1. The van der Waals surface area contributed by atoms with Crippen molar-refractivity contribution in [2.24, 2.45) is 16.3 Å². The van der Waals surface area contributed by atoms with Gasteiger partial charge in [-0.1, -0.05) is 32.3 Å². The lowest BCUT2D eigenvalue weighted by atomic mass is 9.86. The molecular formula is C14H29N3O. The second kappa shape index (κ2) is 6.98. The van der Waals surface area contributed by atoms with Gasteiger partial charge < -0.3 is 15.8 Å². The van der Waals surface area contributed by atoms with Crippen molar-refractivity contribution in [1.82, 2.24) is 4.90 Å². The Balaban J connectivity index is 2.22. The standard InChI is InChI=1S/C14H29N3O/c1-4-12-8-7-11-17(12)10-6-5-9-14(2,3)13(15)16-18/h12,18H,4-11H2,1-3H3,(H2,15,16). The van der Waals surface area contributed by atoms with Crippen LogP contribution in [0.5, 0.6) is 0 Å². The molecular weight excluding hydrogens is 226 g/mol. The van der Waals surface area contributed by atoms with Gasteiger partial charge in [-0.3, -0.25) is 0 Å². The van der Waals surface area contributed by atoms with E-state index in [4.69, 9.17) is 10.9 Å². The number of likely N-dealkylation sites (tertiary alicyclic amines) is 1. The molecule has 1 rings (SSSR count). The smallest absolute Gasteiger partial charge is 0.144 e. The Kier molecular flexibility index (Phi) is 5.93. The van der Waals surface area contributed by atoms with Gasteiger partial charge in [0, 0.05) is 11.5 Å². The largest absolute Gasteiger partial charge is 0.409 e. The number of rotatable bonds is 7. The van der Waals surface area contributed by atoms with Gasteiger partial charge in [-0.05, 0) is 45.2 Å². The predicted octanol–water partition coefficient (Wildman–Crippen LogP) is 2.80. The molecule has 0 bridgehead atoms. The highest BCUT2D eigenvalue weighted by molar-refractivity contribution is 5.85. The molecule has 4 nitrogen and oxygen atoms in total. The first-order chi connectivity index (χ1) is 8.51. The van der Waals surface area contributed by atoms with Crippen molar-refractivity contribution in [2.45, 2.75) is 65.3 Å². The van der Waals surface area contributed by atoms with Crippen LogP contribution in [0.1, 0.15) is 59.3 Å². The topological polar surface area (TPSA) is 61.8 Å². The summed E-state index contributed by atoms with van der Waals surface area (Å²) >= 11 is 0. The SMILES string of the molecule is CCC1CCCN1CCCCC(C)(C)C(N)=NO. The van der Waals surface area contributed by atoms with Crippen LogP contribution in [0, 0.1) is 5.41 Å². The number of nitrogens with zero attached hydrogens (tertiary/aromatic N) is 2. The molecule has 0 amide bonds. The molecule has 18 heavy (non-hydrogen) atoms. The number of nitrogens with two attached hydrogens (primary N) is 1. The van der Waals surface area contributed by atoms with Crippen molar-refractivity contribution in [3.63, 3.8) is 0 Å². The van der Waals surface area contributed by atoms with E-state index in [9.17, 15) is 0 Å². The lowest BCUT2D eigenvalue weighted by molar-refractivity contribution is 0.239. The lowest BCUT2D eigenvalue weighted by Gasteiger charge is -2.25. The van der Waals surface area contributed by atoms with Gasteiger partial charge in [-0.15, -0.1) is 0 Å². The summed E-state index contributed by atoms with van der Waals surface area (Å²) in [5.74, 6) is 0.343. The van der Waals surface area contributed by atoms with Gasteiger partial charge in [0.2, 0.25) is 0 Å².